The van der Waals surface area contributed by atoms with Crippen LogP contribution >= 0.6 is 0 Å². The van der Waals surface area contributed by atoms with Gasteiger partial charge in [-0.25, -0.2) is 0 Å². The van der Waals surface area contributed by atoms with E-state index in [1.807, 2.05) is 39.0 Å². The minimum Gasteiger partial charge on any atom is -0.495 e. The van der Waals surface area contributed by atoms with Gasteiger partial charge in [0.2, 0.25) is 0 Å². The highest BCUT2D eigenvalue weighted by Crippen LogP contribution is 2.28. The van der Waals surface area contributed by atoms with Crippen molar-refractivity contribution >= 4 is 22.4 Å². The molecular formula is C20H34N4O2S. The number of ether oxygens (including phenoxy) is 1. The molecule has 1 N–H and O–H groups in total. The first-order valence-electron chi connectivity index (χ1n) is 9.66. The second kappa shape index (κ2) is 9.97. The van der Waals surface area contributed by atoms with Crippen LogP contribution in [-0.2, 0) is 10.8 Å². The van der Waals surface area contributed by atoms with Gasteiger partial charge in [0.25, 0.3) is 0 Å². The Morgan fingerprint density at radius 3 is 2.48 bits per heavy atom. The Morgan fingerprint density at radius 1 is 1.22 bits per heavy atom. The molecule has 1 saturated heterocycles. The van der Waals surface area contributed by atoms with Crippen molar-refractivity contribution < 1.29 is 8.95 Å². The fraction of sp³-hybridized carbons (Fsp3) is 0.650. The molecule has 1 heterocycles. The molecule has 0 radical (unpaired) electrons. The largest absolute Gasteiger partial charge is 0.495 e. The first kappa shape index (κ1) is 21.5. The molecular weight excluding hydrogens is 360 g/mol. The van der Waals surface area contributed by atoms with Crippen LogP contribution < -0.4 is 15.0 Å². The summed E-state index contributed by atoms with van der Waals surface area (Å²) in [5.74, 6) is 2.43. The van der Waals surface area contributed by atoms with E-state index in [1.165, 1.54) is 0 Å². The zero-order valence-corrected chi connectivity index (χ0v) is 18.1. The number of piperazine rings is 1. The second-order valence-corrected chi connectivity index (χ2v) is 9.87. The summed E-state index contributed by atoms with van der Waals surface area (Å²) in [7, 11) is 0.842. The topological polar surface area (TPSA) is 57.2 Å². The van der Waals surface area contributed by atoms with Crippen molar-refractivity contribution in [3.05, 3.63) is 24.3 Å². The number of para-hydroxylation sites is 2. The lowest BCUT2D eigenvalue weighted by atomic mass is 10.2. The van der Waals surface area contributed by atoms with Crippen molar-refractivity contribution in [3.63, 3.8) is 0 Å². The highest BCUT2D eigenvalue weighted by atomic mass is 32.2. The molecule has 1 aromatic rings. The van der Waals surface area contributed by atoms with Crippen LogP contribution in [0.2, 0.25) is 0 Å². The Labute approximate surface area is 166 Å². The molecule has 1 atom stereocenters. The number of nitrogens with one attached hydrogen (secondary N) is 1. The number of hydrogen-bond acceptors (Lipinski definition) is 4. The SMILES string of the molecule is CCNC(=NCCS(=O)C(C)(C)C)N1CCN(c2ccccc2OC)CC1. The molecule has 152 valence electrons. The number of anilines is 1. The molecule has 2 rings (SSSR count). The van der Waals surface area contributed by atoms with E-state index in [9.17, 15) is 4.21 Å². The number of methoxy groups -OCH3 is 1. The maximum absolute atomic E-state index is 12.2. The molecule has 0 aromatic heterocycles. The lowest BCUT2D eigenvalue weighted by Crippen LogP contribution is -2.52. The maximum Gasteiger partial charge on any atom is 0.194 e. The Morgan fingerprint density at radius 2 is 1.89 bits per heavy atom. The third-order valence-corrected chi connectivity index (χ3v) is 6.48. The number of rotatable bonds is 6. The smallest absolute Gasteiger partial charge is 0.194 e. The lowest BCUT2D eigenvalue weighted by Gasteiger charge is -2.38. The van der Waals surface area contributed by atoms with Gasteiger partial charge in [0.05, 0.1) is 19.3 Å². The van der Waals surface area contributed by atoms with Crippen molar-refractivity contribution in [1.82, 2.24) is 10.2 Å². The van der Waals surface area contributed by atoms with Gasteiger partial charge in [0.1, 0.15) is 5.75 Å². The molecule has 1 aliphatic heterocycles. The summed E-state index contributed by atoms with van der Waals surface area (Å²) in [4.78, 5) is 9.36. The molecule has 1 unspecified atom stereocenters. The summed E-state index contributed by atoms with van der Waals surface area (Å²) in [6.07, 6.45) is 0. The summed E-state index contributed by atoms with van der Waals surface area (Å²) in [6.45, 7) is 13.1. The van der Waals surface area contributed by atoms with E-state index in [2.05, 4.69) is 28.1 Å². The van der Waals surface area contributed by atoms with Crippen LogP contribution in [0.4, 0.5) is 5.69 Å². The molecule has 1 aromatic carbocycles. The Bertz CT molecular complexity index is 650. The fourth-order valence-corrected chi connectivity index (χ4v) is 3.89. The van der Waals surface area contributed by atoms with Gasteiger partial charge in [-0.3, -0.25) is 9.20 Å². The molecule has 6 nitrogen and oxygen atoms in total. The molecule has 0 saturated carbocycles. The van der Waals surface area contributed by atoms with Crippen LogP contribution in [0.1, 0.15) is 27.7 Å². The third-order valence-electron chi connectivity index (χ3n) is 4.56. The van der Waals surface area contributed by atoms with Crippen LogP contribution in [-0.4, -0.2) is 71.9 Å². The van der Waals surface area contributed by atoms with E-state index in [4.69, 9.17) is 9.73 Å². The van der Waals surface area contributed by atoms with Crippen LogP contribution in [0.5, 0.6) is 5.75 Å². The van der Waals surface area contributed by atoms with Gasteiger partial charge >= 0.3 is 0 Å². The van der Waals surface area contributed by atoms with Gasteiger partial charge in [-0.2, -0.15) is 0 Å². The van der Waals surface area contributed by atoms with E-state index < -0.39 is 10.8 Å². The third kappa shape index (κ3) is 6.13. The average molecular weight is 395 g/mol. The first-order chi connectivity index (χ1) is 12.9. The van der Waals surface area contributed by atoms with Gasteiger partial charge in [-0.05, 0) is 39.8 Å². The molecule has 7 heteroatoms. The van der Waals surface area contributed by atoms with Gasteiger partial charge in [-0.15, -0.1) is 0 Å². The predicted molar refractivity (Wildman–Crippen MR) is 116 cm³/mol. The Hall–Kier alpha value is -1.76. The normalized spacial score (nSPS) is 17.0. The first-order valence-corrected chi connectivity index (χ1v) is 11.0. The van der Waals surface area contributed by atoms with Gasteiger partial charge in [-0.1, -0.05) is 12.1 Å². The quantitative estimate of drug-likeness (QED) is 0.593. The summed E-state index contributed by atoms with van der Waals surface area (Å²) < 4.78 is 17.5. The highest BCUT2D eigenvalue weighted by molar-refractivity contribution is 7.86. The minimum atomic E-state index is -0.873. The van der Waals surface area contributed by atoms with Crippen LogP contribution in [0, 0.1) is 0 Å². The van der Waals surface area contributed by atoms with Gasteiger partial charge in [0.15, 0.2) is 5.96 Å². The van der Waals surface area contributed by atoms with Crippen molar-refractivity contribution in [2.24, 2.45) is 4.99 Å². The number of nitrogens with zero attached hydrogens (tertiary/aromatic N) is 3. The van der Waals surface area contributed by atoms with Crippen molar-refractivity contribution in [1.29, 1.82) is 0 Å². The fourth-order valence-electron chi connectivity index (χ4n) is 3.02. The zero-order chi connectivity index (χ0) is 19.9. The molecule has 0 bridgehead atoms. The number of hydrogen-bond donors (Lipinski definition) is 1. The Balaban J connectivity index is 1.96. The molecule has 1 aliphatic rings. The lowest BCUT2D eigenvalue weighted by molar-refractivity contribution is 0.367. The number of guanidine groups is 1. The molecule has 1 fully saturated rings. The van der Waals surface area contributed by atoms with Crippen molar-refractivity contribution in [2.45, 2.75) is 32.4 Å². The molecule has 0 amide bonds. The van der Waals surface area contributed by atoms with Gasteiger partial charge in [0, 0.05) is 54.0 Å². The monoisotopic (exact) mass is 394 g/mol. The van der Waals surface area contributed by atoms with E-state index in [-0.39, 0.29) is 4.75 Å². The summed E-state index contributed by atoms with van der Waals surface area (Å²) >= 11 is 0. The average Bonchev–Trinajstić information content (AvgIpc) is 2.66. The Kier molecular flexibility index (Phi) is 7.95. The zero-order valence-electron chi connectivity index (χ0n) is 17.3. The summed E-state index contributed by atoms with van der Waals surface area (Å²) in [6, 6.07) is 8.15. The van der Waals surface area contributed by atoms with Crippen LogP contribution in [0.3, 0.4) is 0 Å². The predicted octanol–water partition coefficient (Wildman–Crippen LogP) is 2.33. The van der Waals surface area contributed by atoms with Crippen LogP contribution in [0.25, 0.3) is 0 Å². The van der Waals surface area contributed by atoms with Gasteiger partial charge < -0.3 is 19.9 Å². The van der Waals surface area contributed by atoms with E-state index in [0.717, 1.165) is 50.1 Å². The van der Waals surface area contributed by atoms with E-state index in [0.29, 0.717) is 12.3 Å². The number of aliphatic imine (C=N–C) groups is 1. The molecule has 27 heavy (non-hydrogen) atoms. The summed E-state index contributed by atoms with van der Waals surface area (Å²) in [5.41, 5.74) is 1.14. The summed E-state index contributed by atoms with van der Waals surface area (Å²) in [5, 5.41) is 3.38. The van der Waals surface area contributed by atoms with Crippen molar-refractivity contribution in [2.75, 3.05) is 57.0 Å². The molecule has 0 aliphatic carbocycles. The second-order valence-electron chi connectivity index (χ2n) is 7.54. The standard InChI is InChI=1S/C20H34N4O2S/c1-6-21-19(22-11-16-27(25)20(2,3)4)24-14-12-23(13-15-24)17-9-7-8-10-18(17)26-5/h7-10H,6,11-16H2,1-5H3,(H,21,22). The van der Waals surface area contributed by atoms with Crippen molar-refractivity contribution in [3.8, 4) is 5.75 Å². The highest BCUT2D eigenvalue weighted by Gasteiger charge is 2.22. The molecule has 0 spiro atoms. The maximum atomic E-state index is 12.2. The van der Waals surface area contributed by atoms with E-state index in [1.54, 1.807) is 7.11 Å². The number of benzene rings is 1. The minimum absolute atomic E-state index is 0.186. The van der Waals surface area contributed by atoms with Crippen LogP contribution in [0.15, 0.2) is 29.3 Å². The van der Waals surface area contributed by atoms with E-state index >= 15 is 0 Å².